The van der Waals surface area contributed by atoms with Crippen LogP contribution in [0.5, 0.6) is 0 Å². The van der Waals surface area contributed by atoms with Crippen LogP contribution >= 0.6 is 0 Å². The maximum Gasteiger partial charge on any atom is 0.0702 e. The zero-order chi connectivity index (χ0) is 37.4. The Hall–Kier alpha value is -7.43. The van der Waals surface area contributed by atoms with Crippen molar-refractivity contribution in [3.8, 4) is 16.8 Å². The highest BCUT2D eigenvalue weighted by atomic mass is 15.1. The van der Waals surface area contributed by atoms with E-state index in [1.54, 1.807) is 0 Å². The van der Waals surface area contributed by atoms with Gasteiger partial charge in [-0.25, -0.2) is 0 Å². The van der Waals surface area contributed by atoms with Crippen LogP contribution in [0.15, 0.2) is 212 Å². The van der Waals surface area contributed by atoms with Gasteiger partial charge in [0.05, 0.1) is 16.6 Å². The van der Waals surface area contributed by atoms with E-state index >= 15 is 0 Å². The average molecular weight is 719 g/mol. The zero-order valence-electron chi connectivity index (χ0n) is 31.0. The molecule has 2 aromatic heterocycles. The van der Waals surface area contributed by atoms with Crippen LogP contribution in [0, 0.1) is 6.92 Å². The number of hydrogen-bond donors (Lipinski definition) is 0. The van der Waals surface area contributed by atoms with Crippen molar-refractivity contribution in [2.24, 2.45) is 0 Å². The molecular weight excluding hydrogens is 681 g/mol. The number of para-hydroxylation sites is 5. The number of fused-ring (bicyclic) bond motifs is 4. The molecule has 0 saturated carbocycles. The number of hydrogen-bond acceptors (Lipinski definition) is 3. The monoisotopic (exact) mass is 718 g/mol. The Morgan fingerprint density at radius 3 is 1.36 bits per heavy atom. The fourth-order valence-electron chi connectivity index (χ4n) is 8.09. The molecule has 56 heavy (non-hydrogen) atoms. The number of rotatable bonds is 8. The lowest BCUT2D eigenvalue weighted by molar-refractivity contribution is 1.17. The van der Waals surface area contributed by atoms with E-state index in [0.29, 0.717) is 0 Å². The van der Waals surface area contributed by atoms with Crippen LogP contribution in [-0.4, -0.2) is 9.55 Å². The van der Waals surface area contributed by atoms with Crippen LogP contribution in [-0.2, 0) is 0 Å². The van der Waals surface area contributed by atoms with E-state index in [9.17, 15) is 0 Å². The predicted molar refractivity (Wildman–Crippen MR) is 236 cm³/mol. The van der Waals surface area contributed by atoms with Crippen LogP contribution in [0.25, 0.3) is 49.5 Å². The van der Waals surface area contributed by atoms with Gasteiger partial charge in [0.1, 0.15) is 0 Å². The number of aryl methyl sites for hydroxylation is 1. The Balaban J connectivity index is 1.19. The van der Waals surface area contributed by atoms with Gasteiger partial charge in [-0.3, -0.25) is 4.98 Å². The van der Waals surface area contributed by atoms with Crippen molar-refractivity contribution in [3.05, 3.63) is 218 Å². The minimum atomic E-state index is 1.01. The molecule has 0 fully saturated rings. The van der Waals surface area contributed by atoms with Crippen LogP contribution in [0.1, 0.15) is 5.56 Å². The Labute approximate surface area is 326 Å². The van der Waals surface area contributed by atoms with Crippen LogP contribution in [0.4, 0.5) is 34.1 Å². The third kappa shape index (κ3) is 5.94. The molecule has 0 N–H and O–H groups in total. The summed E-state index contributed by atoms with van der Waals surface area (Å²) < 4.78 is 2.42. The molecular formula is C52H38N4. The SMILES string of the molecule is Cc1cc(-n2c3ccc(N(c4ccccc4)c4ccccc4)cc3c3cc(N(c4ccccc4)c4ccccc4)ccc32)ccc1-c1cnc2ccccc2c1. The minimum Gasteiger partial charge on any atom is -0.310 e. The Kier molecular flexibility index (Phi) is 8.34. The molecule has 4 heteroatoms. The van der Waals surface area contributed by atoms with Gasteiger partial charge < -0.3 is 14.4 Å². The van der Waals surface area contributed by atoms with Crippen molar-refractivity contribution in [1.29, 1.82) is 0 Å². The minimum absolute atomic E-state index is 1.01. The average Bonchev–Trinajstić information content (AvgIpc) is 3.58. The number of anilines is 6. The molecule has 0 saturated heterocycles. The van der Waals surface area contributed by atoms with E-state index in [0.717, 1.165) is 67.3 Å². The maximum atomic E-state index is 4.77. The van der Waals surface area contributed by atoms with Gasteiger partial charge >= 0.3 is 0 Å². The van der Waals surface area contributed by atoms with Crippen molar-refractivity contribution >= 4 is 66.8 Å². The Bertz CT molecular complexity index is 2760. The van der Waals surface area contributed by atoms with Gasteiger partial charge in [0.15, 0.2) is 0 Å². The van der Waals surface area contributed by atoms with Crippen molar-refractivity contribution in [2.75, 3.05) is 9.80 Å². The summed E-state index contributed by atoms with van der Waals surface area (Å²) in [5.74, 6) is 0. The largest absolute Gasteiger partial charge is 0.310 e. The third-order valence-corrected chi connectivity index (χ3v) is 10.7. The lowest BCUT2D eigenvalue weighted by Gasteiger charge is -2.26. The fourth-order valence-corrected chi connectivity index (χ4v) is 8.09. The van der Waals surface area contributed by atoms with Crippen LogP contribution in [0.2, 0.25) is 0 Å². The first-order chi connectivity index (χ1) is 27.7. The van der Waals surface area contributed by atoms with Crippen LogP contribution < -0.4 is 9.80 Å². The molecule has 0 unspecified atom stereocenters. The van der Waals surface area contributed by atoms with Gasteiger partial charge in [-0.1, -0.05) is 97.1 Å². The summed E-state index contributed by atoms with van der Waals surface area (Å²) in [5.41, 5.74) is 14.5. The standard InChI is InChI=1S/C52H38N4/c1-37-32-44(26-29-47(37)39-33-38-16-14-15-25-50(38)53-36-39)56-51-30-27-45(54(40-17-6-2-7-18-40)41-19-8-3-9-20-41)34-48(51)49-35-46(28-31-52(49)56)55(42-21-10-4-11-22-42)43-23-12-5-13-24-43/h2-36H,1H3. The molecule has 0 amide bonds. The molecule has 0 radical (unpaired) electrons. The molecule has 0 aliphatic rings. The number of benzene rings is 8. The first kappa shape index (κ1) is 33.2. The second-order valence-corrected chi connectivity index (χ2v) is 14.2. The van der Waals surface area contributed by atoms with Gasteiger partial charge in [-0.15, -0.1) is 0 Å². The molecule has 0 aliphatic carbocycles. The van der Waals surface area contributed by atoms with Crippen LogP contribution in [0.3, 0.4) is 0 Å². The molecule has 0 atom stereocenters. The van der Waals surface area contributed by atoms with Gasteiger partial charge in [0.2, 0.25) is 0 Å². The predicted octanol–water partition coefficient (Wildman–Crippen LogP) is 14.2. The van der Waals surface area contributed by atoms with E-state index in [4.69, 9.17) is 4.98 Å². The summed E-state index contributed by atoms with van der Waals surface area (Å²) >= 11 is 0. The third-order valence-electron chi connectivity index (χ3n) is 10.7. The van der Waals surface area contributed by atoms with Gasteiger partial charge in [0, 0.05) is 67.7 Å². The summed E-state index contributed by atoms with van der Waals surface area (Å²) in [6.07, 6.45) is 1.99. The molecule has 0 aliphatic heterocycles. The number of pyridine rings is 1. The molecule has 10 aromatic rings. The second kappa shape index (κ2) is 14.1. The number of aromatic nitrogens is 2. The highest BCUT2D eigenvalue weighted by molar-refractivity contribution is 6.12. The molecule has 2 heterocycles. The normalized spacial score (nSPS) is 11.3. The quantitative estimate of drug-likeness (QED) is 0.156. The van der Waals surface area contributed by atoms with Gasteiger partial charge in [-0.05, 0) is 127 Å². The lowest BCUT2D eigenvalue weighted by atomic mass is 10.00. The summed E-state index contributed by atoms with van der Waals surface area (Å²) in [7, 11) is 0. The summed E-state index contributed by atoms with van der Waals surface area (Å²) in [5, 5.41) is 3.50. The summed E-state index contributed by atoms with van der Waals surface area (Å²) in [6.45, 7) is 2.20. The van der Waals surface area contributed by atoms with E-state index in [1.807, 2.05) is 12.3 Å². The van der Waals surface area contributed by atoms with E-state index < -0.39 is 0 Å². The molecule has 8 aromatic carbocycles. The Morgan fingerprint density at radius 1 is 0.411 bits per heavy atom. The number of nitrogens with zero attached hydrogens (tertiary/aromatic N) is 4. The van der Waals surface area contributed by atoms with Crippen molar-refractivity contribution in [3.63, 3.8) is 0 Å². The van der Waals surface area contributed by atoms with E-state index in [-0.39, 0.29) is 0 Å². The lowest BCUT2D eigenvalue weighted by Crippen LogP contribution is -2.09. The Morgan fingerprint density at radius 2 is 0.875 bits per heavy atom. The van der Waals surface area contributed by atoms with Crippen molar-refractivity contribution in [2.45, 2.75) is 6.92 Å². The van der Waals surface area contributed by atoms with Crippen molar-refractivity contribution < 1.29 is 0 Å². The van der Waals surface area contributed by atoms with Crippen molar-refractivity contribution in [1.82, 2.24) is 9.55 Å². The maximum absolute atomic E-state index is 4.77. The molecule has 0 spiro atoms. The first-order valence-corrected chi connectivity index (χ1v) is 19.0. The van der Waals surface area contributed by atoms with Gasteiger partial charge in [-0.2, -0.15) is 0 Å². The van der Waals surface area contributed by atoms with E-state index in [1.165, 1.54) is 21.9 Å². The molecule has 0 bridgehead atoms. The summed E-state index contributed by atoms with van der Waals surface area (Å²) in [4.78, 5) is 9.45. The highest BCUT2D eigenvalue weighted by Gasteiger charge is 2.20. The fraction of sp³-hybridized carbons (Fsp3) is 0.0192. The van der Waals surface area contributed by atoms with E-state index in [2.05, 4.69) is 221 Å². The second-order valence-electron chi connectivity index (χ2n) is 14.2. The highest BCUT2D eigenvalue weighted by Crippen LogP contribution is 2.43. The molecule has 4 nitrogen and oxygen atoms in total. The van der Waals surface area contributed by atoms with Gasteiger partial charge in [0.25, 0.3) is 0 Å². The molecule has 10 rings (SSSR count). The topological polar surface area (TPSA) is 24.3 Å². The first-order valence-electron chi connectivity index (χ1n) is 19.0. The molecule has 266 valence electrons. The summed E-state index contributed by atoms with van der Waals surface area (Å²) in [6, 6.07) is 73.6. The zero-order valence-corrected chi connectivity index (χ0v) is 31.0. The smallest absolute Gasteiger partial charge is 0.0702 e.